The number of carboxylic acids is 2. The third kappa shape index (κ3) is 11.4. The summed E-state index contributed by atoms with van der Waals surface area (Å²) in [5, 5.41) is 26.4. The van der Waals surface area contributed by atoms with Crippen molar-refractivity contribution in [1.82, 2.24) is 5.32 Å². The number of aliphatic carboxylic acids is 2. The maximum atomic E-state index is 9.10. The molecule has 0 spiro atoms. The molecule has 1 aromatic carbocycles. The Kier molecular flexibility index (Phi) is 12.1. The molecule has 24 heavy (non-hydrogen) atoms. The second-order valence-corrected chi connectivity index (χ2v) is 4.79. The third-order valence-electron chi connectivity index (χ3n) is 2.87. The van der Waals surface area contributed by atoms with Gasteiger partial charge in [0.15, 0.2) is 0 Å². The van der Waals surface area contributed by atoms with Gasteiger partial charge in [0.05, 0.1) is 19.8 Å². The maximum absolute atomic E-state index is 9.10. The van der Waals surface area contributed by atoms with Crippen molar-refractivity contribution in [2.75, 3.05) is 39.5 Å². The molecule has 8 nitrogen and oxygen atoms in total. The standard InChI is InChI=1S/C14H23NO3.C2H2O4/c1-12-3-4-14(11-13(12)2)18-10-9-17-8-6-15-5-7-16;3-1(4)2(5)6/h3-4,11,15-16H,5-10H2,1-2H3;(H,3,4)(H,5,6). The van der Waals surface area contributed by atoms with Crippen LogP contribution in [-0.2, 0) is 14.3 Å². The highest BCUT2D eigenvalue weighted by Gasteiger charge is 2.04. The van der Waals surface area contributed by atoms with Crippen molar-refractivity contribution in [1.29, 1.82) is 0 Å². The van der Waals surface area contributed by atoms with E-state index in [4.69, 9.17) is 34.4 Å². The van der Waals surface area contributed by atoms with E-state index in [1.54, 1.807) is 0 Å². The van der Waals surface area contributed by atoms with Crippen LogP contribution in [0.15, 0.2) is 18.2 Å². The van der Waals surface area contributed by atoms with E-state index in [2.05, 4.69) is 25.2 Å². The SMILES string of the molecule is Cc1ccc(OCCOCCNCCO)cc1C.O=C(O)C(=O)O. The third-order valence-corrected chi connectivity index (χ3v) is 2.87. The van der Waals surface area contributed by atoms with Crippen LogP contribution in [0, 0.1) is 13.8 Å². The summed E-state index contributed by atoms with van der Waals surface area (Å²) < 4.78 is 11.0. The van der Waals surface area contributed by atoms with Gasteiger partial charge in [0, 0.05) is 13.1 Å². The fraction of sp³-hybridized carbons (Fsp3) is 0.500. The molecule has 1 aromatic rings. The van der Waals surface area contributed by atoms with Crippen molar-refractivity contribution in [2.45, 2.75) is 13.8 Å². The van der Waals surface area contributed by atoms with E-state index in [0.29, 0.717) is 26.4 Å². The Morgan fingerprint density at radius 1 is 1.00 bits per heavy atom. The van der Waals surface area contributed by atoms with E-state index in [1.807, 2.05) is 12.1 Å². The van der Waals surface area contributed by atoms with E-state index < -0.39 is 11.9 Å². The summed E-state index contributed by atoms with van der Waals surface area (Å²) in [6.07, 6.45) is 0. The Hall–Kier alpha value is -2.16. The molecule has 0 atom stereocenters. The molecular weight excluding hydrogens is 318 g/mol. The zero-order valence-corrected chi connectivity index (χ0v) is 13.9. The molecule has 0 saturated carbocycles. The van der Waals surface area contributed by atoms with Crippen molar-refractivity contribution in [3.8, 4) is 5.75 Å². The first-order valence-corrected chi connectivity index (χ1v) is 7.44. The number of aliphatic hydroxyl groups is 1. The first-order chi connectivity index (χ1) is 11.4. The predicted octanol–water partition coefficient (Wildman–Crippen LogP) is 0.436. The number of aliphatic hydroxyl groups excluding tert-OH is 1. The van der Waals surface area contributed by atoms with Crippen LogP contribution in [0.3, 0.4) is 0 Å². The van der Waals surface area contributed by atoms with Crippen LogP contribution in [0.1, 0.15) is 11.1 Å². The molecule has 0 amide bonds. The van der Waals surface area contributed by atoms with Crippen LogP contribution in [0.25, 0.3) is 0 Å². The molecule has 0 radical (unpaired) electrons. The van der Waals surface area contributed by atoms with Crippen LogP contribution in [0.2, 0.25) is 0 Å². The Morgan fingerprint density at radius 3 is 2.21 bits per heavy atom. The summed E-state index contributed by atoms with van der Waals surface area (Å²) in [4.78, 5) is 18.2. The molecular formula is C16H25NO7. The highest BCUT2D eigenvalue weighted by Crippen LogP contribution is 2.16. The predicted molar refractivity (Wildman–Crippen MR) is 87.5 cm³/mol. The minimum absolute atomic E-state index is 0.163. The summed E-state index contributed by atoms with van der Waals surface area (Å²) in [7, 11) is 0. The Labute approximate surface area is 141 Å². The quantitative estimate of drug-likeness (QED) is 0.376. The first-order valence-electron chi connectivity index (χ1n) is 7.44. The van der Waals surface area contributed by atoms with Crippen LogP contribution >= 0.6 is 0 Å². The molecule has 0 aliphatic heterocycles. The minimum Gasteiger partial charge on any atom is -0.491 e. The summed E-state index contributed by atoms with van der Waals surface area (Å²) in [6, 6.07) is 6.08. The second-order valence-electron chi connectivity index (χ2n) is 4.79. The average Bonchev–Trinajstić information content (AvgIpc) is 2.54. The largest absolute Gasteiger partial charge is 0.491 e. The molecule has 8 heteroatoms. The van der Waals surface area contributed by atoms with Gasteiger partial charge in [-0.15, -0.1) is 0 Å². The maximum Gasteiger partial charge on any atom is 0.414 e. The smallest absolute Gasteiger partial charge is 0.414 e. The number of rotatable bonds is 9. The van der Waals surface area contributed by atoms with Gasteiger partial charge in [-0.3, -0.25) is 0 Å². The lowest BCUT2D eigenvalue weighted by Crippen LogP contribution is -2.23. The highest BCUT2D eigenvalue weighted by atomic mass is 16.5. The first kappa shape index (κ1) is 21.8. The fourth-order valence-electron chi connectivity index (χ4n) is 1.47. The minimum atomic E-state index is -1.82. The molecule has 0 aromatic heterocycles. The lowest BCUT2D eigenvalue weighted by Gasteiger charge is -2.09. The molecule has 1 rings (SSSR count). The molecule has 0 fully saturated rings. The monoisotopic (exact) mass is 343 g/mol. The van der Waals surface area contributed by atoms with Crippen molar-refractivity contribution in [3.05, 3.63) is 29.3 Å². The number of aryl methyl sites for hydroxylation is 2. The van der Waals surface area contributed by atoms with Gasteiger partial charge in [-0.05, 0) is 37.1 Å². The summed E-state index contributed by atoms with van der Waals surface area (Å²) in [5.41, 5.74) is 2.51. The fourth-order valence-corrected chi connectivity index (χ4v) is 1.47. The molecule has 0 aliphatic carbocycles. The molecule has 0 aliphatic rings. The molecule has 4 N–H and O–H groups in total. The number of carbonyl (C=O) groups is 2. The number of hydrogen-bond acceptors (Lipinski definition) is 6. The number of hydrogen-bond donors (Lipinski definition) is 4. The van der Waals surface area contributed by atoms with Crippen LogP contribution in [0.4, 0.5) is 0 Å². The normalized spacial score (nSPS) is 9.79. The van der Waals surface area contributed by atoms with Gasteiger partial charge in [0.1, 0.15) is 12.4 Å². The van der Waals surface area contributed by atoms with Gasteiger partial charge in [-0.2, -0.15) is 0 Å². The number of carboxylic acid groups (broad SMARTS) is 2. The van der Waals surface area contributed by atoms with Crippen molar-refractivity contribution < 1.29 is 34.4 Å². The van der Waals surface area contributed by atoms with E-state index >= 15 is 0 Å². The van der Waals surface area contributed by atoms with Gasteiger partial charge >= 0.3 is 11.9 Å². The number of nitrogens with one attached hydrogen (secondary N) is 1. The van der Waals surface area contributed by atoms with E-state index in [-0.39, 0.29) is 6.61 Å². The molecule has 0 saturated heterocycles. The Balaban J connectivity index is 0.000000754. The van der Waals surface area contributed by atoms with Crippen LogP contribution in [-0.4, -0.2) is 66.8 Å². The lowest BCUT2D eigenvalue weighted by molar-refractivity contribution is -0.159. The van der Waals surface area contributed by atoms with E-state index in [0.717, 1.165) is 12.3 Å². The average molecular weight is 343 g/mol. The van der Waals surface area contributed by atoms with Crippen LogP contribution in [0.5, 0.6) is 5.75 Å². The summed E-state index contributed by atoms with van der Waals surface area (Å²) in [6.45, 7) is 7.46. The van der Waals surface area contributed by atoms with Gasteiger partial charge in [0.2, 0.25) is 0 Å². The van der Waals surface area contributed by atoms with Gasteiger partial charge in [0.25, 0.3) is 0 Å². The summed E-state index contributed by atoms with van der Waals surface area (Å²) >= 11 is 0. The van der Waals surface area contributed by atoms with Gasteiger partial charge in [-0.25, -0.2) is 9.59 Å². The number of ether oxygens (including phenoxy) is 2. The van der Waals surface area contributed by atoms with E-state index in [1.165, 1.54) is 11.1 Å². The van der Waals surface area contributed by atoms with Crippen LogP contribution < -0.4 is 10.1 Å². The van der Waals surface area contributed by atoms with Crippen molar-refractivity contribution in [2.24, 2.45) is 0 Å². The highest BCUT2D eigenvalue weighted by molar-refractivity contribution is 6.27. The zero-order valence-electron chi connectivity index (χ0n) is 13.9. The van der Waals surface area contributed by atoms with Gasteiger partial charge in [-0.1, -0.05) is 6.07 Å². The van der Waals surface area contributed by atoms with Crippen molar-refractivity contribution >= 4 is 11.9 Å². The molecule has 136 valence electrons. The zero-order chi connectivity index (χ0) is 18.4. The second kappa shape index (κ2) is 13.3. The molecule has 0 heterocycles. The molecule has 0 unspecified atom stereocenters. The Bertz CT molecular complexity index is 493. The number of benzene rings is 1. The van der Waals surface area contributed by atoms with E-state index in [9.17, 15) is 0 Å². The van der Waals surface area contributed by atoms with Crippen molar-refractivity contribution in [3.63, 3.8) is 0 Å². The lowest BCUT2D eigenvalue weighted by atomic mass is 10.1. The van der Waals surface area contributed by atoms with Gasteiger partial charge < -0.3 is 30.1 Å². The summed E-state index contributed by atoms with van der Waals surface area (Å²) in [5.74, 6) is -2.76. The Morgan fingerprint density at radius 2 is 1.67 bits per heavy atom. The molecule has 0 bridgehead atoms. The topological polar surface area (TPSA) is 125 Å².